The Morgan fingerprint density at radius 2 is 2.10 bits per heavy atom. The van der Waals surface area contributed by atoms with Crippen molar-refractivity contribution < 1.29 is 19.0 Å². The Kier molecular flexibility index (Phi) is 3.70. The van der Waals surface area contributed by atoms with Crippen molar-refractivity contribution in [1.82, 2.24) is 9.55 Å². The van der Waals surface area contributed by atoms with Crippen LogP contribution in [0.2, 0.25) is 0 Å². The Balaban J connectivity index is 1.82. The van der Waals surface area contributed by atoms with Gasteiger partial charge in [-0.3, -0.25) is 4.79 Å². The van der Waals surface area contributed by atoms with Crippen LogP contribution in [-0.2, 0) is 21.7 Å². The van der Waals surface area contributed by atoms with Gasteiger partial charge in [0, 0.05) is 16.5 Å². The minimum absolute atomic E-state index is 0.00469. The molecule has 7 heteroatoms. The SMILES string of the molecule is CC[C@@]1(O)C(=O)OC(C(C)F)c2c1cc1n(c2=O)Cc2cc3ccccc3nc2-1. The fourth-order valence-electron chi connectivity index (χ4n) is 4.34. The lowest BCUT2D eigenvalue weighted by Gasteiger charge is -2.36. The summed E-state index contributed by atoms with van der Waals surface area (Å²) in [6.07, 6.45) is -2.92. The molecule has 2 aliphatic rings. The maximum Gasteiger partial charge on any atom is 0.343 e. The van der Waals surface area contributed by atoms with Crippen LogP contribution in [0, 0.1) is 0 Å². The summed E-state index contributed by atoms with van der Waals surface area (Å²) in [6, 6.07) is 11.2. The number of nitrogens with zero attached hydrogens (tertiary/aromatic N) is 2. The number of carbonyl (C=O) groups excluding carboxylic acids is 1. The summed E-state index contributed by atoms with van der Waals surface area (Å²) in [7, 11) is 0. The van der Waals surface area contributed by atoms with E-state index in [2.05, 4.69) is 0 Å². The number of rotatable bonds is 2. The van der Waals surface area contributed by atoms with Crippen LogP contribution in [-0.4, -0.2) is 26.8 Å². The van der Waals surface area contributed by atoms with Gasteiger partial charge in [0.2, 0.25) is 0 Å². The second kappa shape index (κ2) is 5.97. The highest BCUT2D eigenvalue weighted by atomic mass is 19.1. The molecule has 2 aliphatic heterocycles. The van der Waals surface area contributed by atoms with E-state index in [0.717, 1.165) is 16.5 Å². The molecule has 1 N–H and O–H groups in total. The fourth-order valence-corrected chi connectivity index (χ4v) is 4.34. The molecule has 2 unspecified atom stereocenters. The third-order valence-electron chi connectivity index (χ3n) is 5.94. The highest BCUT2D eigenvalue weighted by Gasteiger charge is 2.50. The normalized spacial score (nSPS) is 23.3. The van der Waals surface area contributed by atoms with Crippen molar-refractivity contribution in [3.8, 4) is 11.4 Å². The number of para-hydroxylation sites is 1. The van der Waals surface area contributed by atoms with E-state index in [1.807, 2.05) is 30.3 Å². The zero-order valence-corrected chi connectivity index (χ0v) is 16.0. The van der Waals surface area contributed by atoms with Gasteiger partial charge in [0.05, 0.1) is 29.0 Å². The molecular weight excluding hydrogens is 375 g/mol. The summed E-state index contributed by atoms with van der Waals surface area (Å²) in [5.41, 5.74) is 0.454. The summed E-state index contributed by atoms with van der Waals surface area (Å²) in [4.78, 5) is 30.6. The molecule has 2 aromatic heterocycles. The first-order valence-corrected chi connectivity index (χ1v) is 9.60. The largest absolute Gasteiger partial charge is 0.452 e. The van der Waals surface area contributed by atoms with Gasteiger partial charge in [0.25, 0.3) is 5.56 Å². The van der Waals surface area contributed by atoms with E-state index in [9.17, 15) is 19.1 Å². The summed E-state index contributed by atoms with van der Waals surface area (Å²) < 4.78 is 20.9. The van der Waals surface area contributed by atoms with Crippen LogP contribution in [0.5, 0.6) is 0 Å². The molecule has 6 nitrogen and oxygen atoms in total. The van der Waals surface area contributed by atoms with Crippen LogP contribution in [0.4, 0.5) is 4.39 Å². The minimum Gasteiger partial charge on any atom is -0.452 e. The predicted molar refractivity (Wildman–Crippen MR) is 104 cm³/mol. The number of halogens is 1. The number of aliphatic hydroxyl groups is 1. The average Bonchev–Trinajstić information content (AvgIpc) is 3.07. The smallest absolute Gasteiger partial charge is 0.343 e. The van der Waals surface area contributed by atoms with Crippen LogP contribution in [0.15, 0.2) is 41.2 Å². The van der Waals surface area contributed by atoms with Gasteiger partial charge in [-0.1, -0.05) is 25.1 Å². The van der Waals surface area contributed by atoms with Gasteiger partial charge < -0.3 is 14.4 Å². The van der Waals surface area contributed by atoms with Gasteiger partial charge in [-0.15, -0.1) is 0 Å². The minimum atomic E-state index is -1.99. The number of alkyl halides is 1. The average molecular weight is 394 g/mol. The molecule has 0 radical (unpaired) electrons. The number of hydrogen-bond donors (Lipinski definition) is 1. The zero-order valence-electron chi connectivity index (χ0n) is 16.0. The first kappa shape index (κ1) is 18.0. The third kappa shape index (κ3) is 2.34. The van der Waals surface area contributed by atoms with E-state index in [0.29, 0.717) is 17.9 Å². The van der Waals surface area contributed by atoms with Gasteiger partial charge >= 0.3 is 5.97 Å². The lowest BCUT2D eigenvalue weighted by Crippen LogP contribution is -2.47. The number of carbonyl (C=O) groups is 1. The molecule has 1 aromatic carbocycles. The molecule has 3 aromatic rings. The number of benzene rings is 1. The number of esters is 1. The molecule has 5 rings (SSSR count). The molecule has 0 spiro atoms. The predicted octanol–water partition coefficient (Wildman–Crippen LogP) is 2.98. The summed E-state index contributed by atoms with van der Waals surface area (Å²) in [5.74, 6) is -0.934. The molecule has 4 heterocycles. The van der Waals surface area contributed by atoms with Crippen molar-refractivity contribution in [2.24, 2.45) is 0 Å². The molecule has 0 fully saturated rings. The summed E-state index contributed by atoms with van der Waals surface area (Å²) in [5, 5.41) is 12.0. The molecule has 0 amide bonds. The van der Waals surface area contributed by atoms with Gasteiger partial charge in [-0.25, -0.2) is 14.2 Å². The maximum absolute atomic E-state index is 14.3. The third-order valence-corrected chi connectivity index (χ3v) is 5.94. The Labute approximate surface area is 165 Å². The van der Waals surface area contributed by atoms with E-state index in [1.54, 1.807) is 13.0 Å². The van der Waals surface area contributed by atoms with Gasteiger partial charge in [0.1, 0.15) is 6.17 Å². The summed E-state index contributed by atoms with van der Waals surface area (Å²) >= 11 is 0. The first-order valence-electron chi connectivity index (χ1n) is 9.60. The number of ether oxygens (including phenoxy) is 1. The van der Waals surface area contributed by atoms with Crippen molar-refractivity contribution in [1.29, 1.82) is 0 Å². The number of fused-ring (bicyclic) bond motifs is 5. The lowest BCUT2D eigenvalue weighted by molar-refractivity contribution is -0.181. The van der Waals surface area contributed by atoms with Crippen molar-refractivity contribution >= 4 is 16.9 Å². The van der Waals surface area contributed by atoms with Crippen LogP contribution >= 0.6 is 0 Å². The van der Waals surface area contributed by atoms with E-state index in [4.69, 9.17) is 9.72 Å². The topological polar surface area (TPSA) is 81.4 Å². The van der Waals surface area contributed by atoms with Crippen LogP contribution in [0.3, 0.4) is 0 Å². The van der Waals surface area contributed by atoms with Crippen molar-refractivity contribution in [3.05, 3.63) is 63.4 Å². The highest BCUT2D eigenvalue weighted by Crippen LogP contribution is 2.43. The highest BCUT2D eigenvalue weighted by molar-refractivity contribution is 5.86. The fraction of sp³-hybridized carbons (Fsp3) is 0.318. The van der Waals surface area contributed by atoms with E-state index in [-0.39, 0.29) is 17.5 Å². The Morgan fingerprint density at radius 1 is 1.34 bits per heavy atom. The number of aromatic nitrogens is 2. The quantitative estimate of drug-likeness (QED) is 0.529. The van der Waals surface area contributed by atoms with Crippen LogP contribution in [0.1, 0.15) is 43.1 Å². The Morgan fingerprint density at radius 3 is 2.83 bits per heavy atom. The van der Waals surface area contributed by atoms with Gasteiger partial charge in [-0.2, -0.15) is 0 Å². The van der Waals surface area contributed by atoms with Crippen molar-refractivity contribution in [3.63, 3.8) is 0 Å². The van der Waals surface area contributed by atoms with E-state index >= 15 is 0 Å². The number of cyclic esters (lactones) is 1. The van der Waals surface area contributed by atoms with E-state index < -0.39 is 29.4 Å². The second-order valence-electron chi connectivity index (χ2n) is 7.65. The van der Waals surface area contributed by atoms with E-state index in [1.165, 1.54) is 11.5 Å². The molecular formula is C22H19FN2O4. The molecule has 0 bridgehead atoms. The van der Waals surface area contributed by atoms with Gasteiger partial charge in [-0.05, 0) is 31.5 Å². The Bertz CT molecular complexity index is 1250. The Hall–Kier alpha value is -3.06. The standard InChI is InChI=1S/C22H19FN2O4/c1-3-22(28)14-9-16-18-13(8-12-6-4-5-7-15(12)24-18)10-25(16)20(26)17(14)19(11(2)23)29-21(22)27/h4-9,11,19,28H,3,10H2,1-2H3/t11?,19?,22-/m0/s1. The first-order chi connectivity index (χ1) is 13.8. The van der Waals surface area contributed by atoms with Crippen LogP contribution < -0.4 is 5.56 Å². The molecule has 0 aliphatic carbocycles. The summed E-state index contributed by atoms with van der Waals surface area (Å²) in [6.45, 7) is 3.15. The monoisotopic (exact) mass is 394 g/mol. The van der Waals surface area contributed by atoms with Gasteiger partial charge in [0.15, 0.2) is 11.7 Å². The van der Waals surface area contributed by atoms with Crippen molar-refractivity contribution in [2.45, 2.75) is 44.7 Å². The maximum atomic E-state index is 14.3. The molecule has 148 valence electrons. The molecule has 3 atom stereocenters. The lowest BCUT2D eigenvalue weighted by atomic mass is 9.82. The van der Waals surface area contributed by atoms with Crippen molar-refractivity contribution in [2.75, 3.05) is 0 Å². The number of hydrogen-bond acceptors (Lipinski definition) is 5. The zero-order chi connectivity index (χ0) is 20.5. The molecule has 29 heavy (non-hydrogen) atoms. The number of pyridine rings is 2. The van der Waals surface area contributed by atoms with Crippen LogP contribution in [0.25, 0.3) is 22.3 Å². The second-order valence-corrected chi connectivity index (χ2v) is 7.65. The molecule has 0 saturated heterocycles. The molecule has 0 saturated carbocycles.